The molecular weight excluding hydrogens is 870 g/mol. The van der Waals surface area contributed by atoms with Gasteiger partial charge in [-0.15, -0.1) is 0 Å². The number of benzene rings is 9. The molecule has 0 aromatic heterocycles. The Bertz CT molecular complexity index is 3620. The van der Waals surface area contributed by atoms with Crippen LogP contribution in [0.15, 0.2) is 200 Å². The van der Waals surface area contributed by atoms with E-state index in [0.717, 1.165) is 97.3 Å². The van der Waals surface area contributed by atoms with Crippen molar-refractivity contribution in [1.82, 2.24) is 0 Å². The zero-order valence-electron chi connectivity index (χ0n) is 45.9. The Labute approximate surface area is 432 Å². The molecule has 3 nitrogen and oxygen atoms in total. The average molecular weight is 937 g/mol. The molecule has 9 aromatic carbocycles. The highest BCUT2D eigenvalue weighted by molar-refractivity contribution is 7.00. The Morgan fingerprint density at radius 2 is 1.01 bits per heavy atom. The number of fused-ring (bicyclic) bond motifs is 5. The fraction of sp³-hybridized carbons (Fsp3) is 0.206. The first-order valence-electron chi connectivity index (χ1n) is 27.3. The van der Waals surface area contributed by atoms with Crippen LogP contribution in [0.3, 0.4) is 0 Å². The maximum Gasteiger partial charge on any atom is 0.252 e. The van der Waals surface area contributed by atoms with Crippen LogP contribution < -0.4 is 31.1 Å². The van der Waals surface area contributed by atoms with Crippen molar-refractivity contribution in [2.45, 2.75) is 91.3 Å². The predicted molar refractivity (Wildman–Crippen MR) is 309 cm³/mol. The molecule has 4 heteroatoms. The van der Waals surface area contributed by atoms with Crippen LogP contribution in [0.1, 0.15) is 93.2 Å². The van der Waals surface area contributed by atoms with Gasteiger partial charge in [0.25, 0.3) is 6.71 Å². The predicted octanol–water partition coefficient (Wildman–Crippen LogP) is 16.8. The van der Waals surface area contributed by atoms with Crippen LogP contribution in [0.25, 0.3) is 22.3 Å². The van der Waals surface area contributed by atoms with E-state index in [1.54, 1.807) is 0 Å². The minimum absolute atomic E-state index is 0.0701. The van der Waals surface area contributed by atoms with Gasteiger partial charge in [0.2, 0.25) is 0 Å². The highest BCUT2D eigenvalue weighted by atomic mass is 15.2. The van der Waals surface area contributed by atoms with Gasteiger partial charge in [0, 0.05) is 55.2 Å². The minimum Gasteiger partial charge on any atom is -0.311 e. The zero-order valence-corrected chi connectivity index (χ0v) is 42.9. The Kier molecular flexibility index (Phi) is 9.98. The van der Waals surface area contributed by atoms with Crippen molar-refractivity contribution in [2.24, 2.45) is 0 Å². The van der Waals surface area contributed by atoms with Gasteiger partial charge < -0.3 is 14.7 Å². The van der Waals surface area contributed by atoms with Crippen LogP contribution in [0, 0.1) is 13.8 Å². The Balaban J connectivity index is 1.22. The van der Waals surface area contributed by atoms with Crippen LogP contribution in [-0.4, -0.2) is 6.71 Å². The molecule has 0 atom stereocenters. The van der Waals surface area contributed by atoms with Crippen molar-refractivity contribution >= 4 is 74.3 Å². The summed E-state index contributed by atoms with van der Waals surface area (Å²) in [5, 5.41) is 0. The van der Waals surface area contributed by atoms with Crippen molar-refractivity contribution in [3.8, 4) is 22.3 Å². The molecule has 2 aliphatic heterocycles. The van der Waals surface area contributed by atoms with E-state index in [1.807, 2.05) is 12.1 Å². The standard InChI is InChI=1S/C68H64BN3/c1-45-38-63-65-64(39-45)72(60-35-31-50(66(3,4)5)41-54(60)48-24-16-11-17-25-48)62-44-56-55(67(6,7)36-37-68(56,8)9)43-58(62)69(65)57-33-32-53(70(51-26-18-12-19-27-51)52-28-20-13-21-29-52)42-61(57)71(63)59-34-30-49(40-46(59)2)47-22-14-10-15-23-47/h10-35,38-44H,36-37H2,1-9H3/i1D3. The van der Waals surface area contributed by atoms with E-state index in [1.165, 1.54) is 27.6 Å². The summed E-state index contributed by atoms with van der Waals surface area (Å²) in [7, 11) is 0. The second-order valence-corrected chi connectivity index (χ2v) is 22.7. The molecule has 354 valence electrons. The summed E-state index contributed by atoms with van der Waals surface area (Å²) in [6.45, 7) is 16.0. The summed E-state index contributed by atoms with van der Waals surface area (Å²) in [4.78, 5) is 7.16. The molecule has 3 aliphatic rings. The summed E-state index contributed by atoms with van der Waals surface area (Å²) < 4.78 is 27.9. The summed E-state index contributed by atoms with van der Waals surface area (Å²) in [6, 6.07) is 72.1. The van der Waals surface area contributed by atoms with E-state index < -0.39 is 6.85 Å². The number of hydrogen-bond acceptors (Lipinski definition) is 3. The van der Waals surface area contributed by atoms with Gasteiger partial charge in [0.15, 0.2) is 0 Å². The van der Waals surface area contributed by atoms with Gasteiger partial charge in [-0.1, -0.05) is 170 Å². The summed E-state index contributed by atoms with van der Waals surface area (Å²) in [5.41, 5.74) is 22.0. The molecule has 0 fully saturated rings. The van der Waals surface area contributed by atoms with Gasteiger partial charge >= 0.3 is 0 Å². The largest absolute Gasteiger partial charge is 0.311 e. The van der Waals surface area contributed by atoms with Crippen LogP contribution in [0.5, 0.6) is 0 Å². The summed E-state index contributed by atoms with van der Waals surface area (Å²) in [6.07, 6.45) is 2.15. The number of hydrogen-bond donors (Lipinski definition) is 0. The molecule has 0 saturated carbocycles. The number of nitrogens with zero attached hydrogens (tertiary/aromatic N) is 3. The first kappa shape index (κ1) is 42.2. The number of anilines is 9. The van der Waals surface area contributed by atoms with Gasteiger partial charge in [0.1, 0.15) is 0 Å². The lowest BCUT2D eigenvalue weighted by molar-refractivity contribution is 0.332. The molecule has 0 amide bonds. The molecule has 9 aromatic rings. The Morgan fingerprint density at radius 1 is 0.472 bits per heavy atom. The lowest BCUT2D eigenvalue weighted by Crippen LogP contribution is -2.62. The molecule has 0 saturated heterocycles. The van der Waals surface area contributed by atoms with Crippen molar-refractivity contribution in [3.05, 3.63) is 228 Å². The molecule has 0 radical (unpaired) electrons. The van der Waals surface area contributed by atoms with E-state index in [4.69, 9.17) is 0 Å². The van der Waals surface area contributed by atoms with Crippen LogP contribution in [0.4, 0.5) is 51.2 Å². The summed E-state index contributed by atoms with van der Waals surface area (Å²) in [5.74, 6) is 0. The first-order chi connectivity index (χ1) is 35.9. The topological polar surface area (TPSA) is 9.72 Å². The van der Waals surface area contributed by atoms with Crippen LogP contribution in [-0.2, 0) is 16.2 Å². The SMILES string of the molecule is [2H]C([2H])([2H])c1cc2c3c(c1)N(c1ccc(C(C)(C)C)cc1-c1ccccc1)c1cc4c(cc1B3c1ccc(N(c3ccccc3)c3ccccc3)cc1N2c1ccc(-c2ccccc2)cc1C)C(C)(C)CCC4(C)C. The molecular formula is C68H64BN3. The fourth-order valence-corrected chi connectivity index (χ4v) is 12.1. The molecule has 0 spiro atoms. The van der Waals surface area contributed by atoms with Gasteiger partial charge in [-0.05, 0) is 183 Å². The van der Waals surface area contributed by atoms with E-state index in [9.17, 15) is 4.11 Å². The fourth-order valence-electron chi connectivity index (χ4n) is 12.1. The number of aryl methyl sites for hydroxylation is 2. The third-order valence-electron chi connectivity index (χ3n) is 16.0. The van der Waals surface area contributed by atoms with E-state index in [2.05, 4.69) is 258 Å². The zero-order chi connectivity index (χ0) is 52.2. The molecule has 1 aliphatic carbocycles. The van der Waals surface area contributed by atoms with Gasteiger partial charge in [0.05, 0.1) is 5.69 Å². The minimum atomic E-state index is -2.43. The lowest BCUT2D eigenvalue weighted by atomic mass is 9.33. The Morgan fingerprint density at radius 3 is 1.60 bits per heavy atom. The number of rotatable bonds is 7. The Hall–Kier alpha value is -7.56. The molecule has 12 rings (SSSR count). The van der Waals surface area contributed by atoms with Crippen LogP contribution in [0.2, 0.25) is 0 Å². The normalized spacial score (nSPS) is 15.8. The van der Waals surface area contributed by atoms with E-state index in [-0.39, 0.29) is 23.0 Å². The second-order valence-electron chi connectivity index (χ2n) is 22.7. The van der Waals surface area contributed by atoms with Crippen molar-refractivity contribution in [3.63, 3.8) is 0 Å². The molecule has 0 unspecified atom stereocenters. The van der Waals surface area contributed by atoms with Gasteiger partial charge in [-0.25, -0.2) is 0 Å². The quantitative estimate of drug-likeness (QED) is 0.147. The average Bonchev–Trinajstić information content (AvgIpc) is 3.40. The number of para-hydroxylation sites is 2. The molecule has 0 bridgehead atoms. The van der Waals surface area contributed by atoms with E-state index in [0.29, 0.717) is 5.56 Å². The first-order valence-corrected chi connectivity index (χ1v) is 25.8. The van der Waals surface area contributed by atoms with Gasteiger partial charge in [-0.3, -0.25) is 0 Å². The third-order valence-corrected chi connectivity index (χ3v) is 16.0. The monoisotopic (exact) mass is 937 g/mol. The third kappa shape index (κ3) is 7.57. The maximum atomic E-state index is 9.29. The lowest BCUT2D eigenvalue weighted by Gasteiger charge is -2.48. The highest BCUT2D eigenvalue weighted by Gasteiger charge is 2.47. The molecule has 72 heavy (non-hydrogen) atoms. The van der Waals surface area contributed by atoms with Crippen molar-refractivity contribution in [1.29, 1.82) is 0 Å². The summed E-state index contributed by atoms with van der Waals surface area (Å²) >= 11 is 0. The molecule has 2 heterocycles. The highest BCUT2D eigenvalue weighted by Crippen LogP contribution is 2.53. The van der Waals surface area contributed by atoms with E-state index >= 15 is 0 Å². The van der Waals surface area contributed by atoms with Gasteiger partial charge in [-0.2, -0.15) is 0 Å². The molecule has 0 N–H and O–H groups in total. The maximum absolute atomic E-state index is 9.29. The van der Waals surface area contributed by atoms with Crippen molar-refractivity contribution in [2.75, 3.05) is 14.7 Å². The second kappa shape index (κ2) is 17.1. The van der Waals surface area contributed by atoms with Crippen LogP contribution >= 0.6 is 0 Å². The van der Waals surface area contributed by atoms with Crippen molar-refractivity contribution < 1.29 is 4.11 Å². The smallest absolute Gasteiger partial charge is 0.252 e.